The van der Waals surface area contributed by atoms with Crippen molar-refractivity contribution in [3.8, 4) is 5.75 Å². The second kappa shape index (κ2) is 8.37. The number of rotatable bonds is 7. The number of hydrogen-bond donors (Lipinski definition) is 1. The molecule has 1 unspecified atom stereocenters. The van der Waals surface area contributed by atoms with Gasteiger partial charge in [0.25, 0.3) is 0 Å². The molecule has 0 aromatic heterocycles. The number of amides is 1. The number of carbonyl (C=O) groups is 2. The fourth-order valence-electron chi connectivity index (χ4n) is 2.98. The monoisotopic (exact) mass is 347 g/mol. The minimum absolute atomic E-state index is 0.0221. The summed E-state index contributed by atoms with van der Waals surface area (Å²) in [6, 6.07) is 5.10. The Morgan fingerprint density at radius 2 is 2.12 bits per heavy atom. The lowest BCUT2D eigenvalue weighted by atomic mass is 9.93. The zero-order chi connectivity index (χ0) is 18.4. The van der Waals surface area contributed by atoms with Crippen LogP contribution in [0, 0.1) is 5.92 Å². The van der Waals surface area contributed by atoms with Gasteiger partial charge in [0.05, 0.1) is 18.6 Å². The molecule has 138 valence electrons. The van der Waals surface area contributed by atoms with E-state index < -0.39 is 11.7 Å². The third-order valence-electron chi connectivity index (χ3n) is 4.49. The number of ketones is 1. The Balaban J connectivity index is 1.94. The Labute approximate surface area is 150 Å². The third kappa shape index (κ3) is 5.48. The first-order valence-electron chi connectivity index (χ1n) is 9.14. The van der Waals surface area contributed by atoms with E-state index in [4.69, 9.17) is 9.47 Å². The minimum atomic E-state index is -0.494. The molecule has 0 aliphatic carbocycles. The number of fused-ring (bicyclic) bond motifs is 1. The van der Waals surface area contributed by atoms with Gasteiger partial charge in [-0.1, -0.05) is 33.1 Å². The molecule has 5 nitrogen and oxygen atoms in total. The Kier molecular flexibility index (Phi) is 6.45. The normalized spacial score (nSPS) is 16.6. The summed E-state index contributed by atoms with van der Waals surface area (Å²) in [7, 11) is 0. The number of carbonyl (C=O) groups excluding carboxylic acids is 2. The highest BCUT2D eigenvalue weighted by atomic mass is 16.5. The van der Waals surface area contributed by atoms with E-state index in [1.807, 2.05) is 13.8 Å². The Morgan fingerprint density at radius 1 is 1.36 bits per heavy atom. The van der Waals surface area contributed by atoms with Gasteiger partial charge >= 0.3 is 6.09 Å². The summed E-state index contributed by atoms with van der Waals surface area (Å²) in [6.45, 7) is 8.46. The predicted octanol–water partition coefficient (Wildman–Crippen LogP) is 5.20. The lowest BCUT2D eigenvalue weighted by molar-refractivity contribution is 0.0620. The number of nitrogens with one attached hydrogen (secondary N) is 1. The van der Waals surface area contributed by atoms with Crippen molar-refractivity contribution in [3.63, 3.8) is 0 Å². The third-order valence-corrected chi connectivity index (χ3v) is 4.49. The van der Waals surface area contributed by atoms with Crippen LogP contribution in [0.1, 0.15) is 70.2 Å². The molecule has 0 saturated carbocycles. The summed E-state index contributed by atoms with van der Waals surface area (Å²) >= 11 is 0. The molecule has 0 saturated heterocycles. The second-order valence-electron chi connectivity index (χ2n) is 7.31. The lowest BCUT2D eigenvalue weighted by Crippen LogP contribution is -2.35. The van der Waals surface area contributed by atoms with Crippen LogP contribution in [0.3, 0.4) is 0 Å². The molecule has 0 bridgehead atoms. The van der Waals surface area contributed by atoms with Crippen LogP contribution in [-0.4, -0.2) is 24.1 Å². The van der Waals surface area contributed by atoms with E-state index in [0.29, 0.717) is 35.9 Å². The van der Waals surface area contributed by atoms with E-state index in [0.717, 1.165) is 25.7 Å². The number of ether oxygens (including phenoxy) is 2. The highest BCUT2D eigenvalue weighted by Gasteiger charge is 2.32. The molecule has 1 amide bonds. The minimum Gasteiger partial charge on any atom is -0.487 e. The van der Waals surface area contributed by atoms with Gasteiger partial charge in [-0.05, 0) is 44.4 Å². The number of Topliss-reactive ketones (excluding diaryl/α,β-unsaturated/α-hetero) is 1. The van der Waals surface area contributed by atoms with Crippen LogP contribution < -0.4 is 10.1 Å². The lowest BCUT2D eigenvalue weighted by Gasteiger charge is -2.31. The average molecular weight is 347 g/mol. The van der Waals surface area contributed by atoms with Gasteiger partial charge in [-0.25, -0.2) is 4.79 Å². The molecule has 1 aromatic carbocycles. The quantitative estimate of drug-likeness (QED) is 0.736. The Hall–Kier alpha value is -2.04. The number of anilines is 1. The maximum absolute atomic E-state index is 12.3. The largest absolute Gasteiger partial charge is 0.487 e. The molecule has 1 heterocycles. The van der Waals surface area contributed by atoms with E-state index >= 15 is 0 Å². The van der Waals surface area contributed by atoms with E-state index in [9.17, 15) is 9.59 Å². The van der Waals surface area contributed by atoms with Gasteiger partial charge in [0, 0.05) is 5.69 Å². The van der Waals surface area contributed by atoms with Crippen molar-refractivity contribution in [1.29, 1.82) is 0 Å². The molecule has 2 rings (SSSR count). The van der Waals surface area contributed by atoms with E-state index in [-0.39, 0.29) is 5.78 Å². The topological polar surface area (TPSA) is 64.6 Å². The van der Waals surface area contributed by atoms with Gasteiger partial charge in [-0.2, -0.15) is 0 Å². The van der Waals surface area contributed by atoms with Crippen molar-refractivity contribution < 1.29 is 19.1 Å². The van der Waals surface area contributed by atoms with Crippen LogP contribution in [0.25, 0.3) is 0 Å². The smallest absolute Gasteiger partial charge is 0.411 e. The van der Waals surface area contributed by atoms with Gasteiger partial charge in [-0.3, -0.25) is 10.1 Å². The first-order chi connectivity index (χ1) is 11.8. The van der Waals surface area contributed by atoms with Gasteiger partial charge in [0.15, 0.2) is 5.78 Å². The van der Waals surface area contributed by atoms with E-state index in [2.05, 4.69) is 19.2 Å². The number of unbranched alkanes of at least 4 members (excludes halogenated alkanes) is 1. The Bertz CT molecular complexity index is 624. The van der Waals surface area contributed by atoms with Gasteiger partial charge < -0.3 is 9.47 Å². The van der Waals surface area contributed by atoms with Crippen molar-refractivity contribution in [3.05, 3.63) is 23.8 Å². The molecule has 1 aromatic rings. The van der Waals surface area contributed by atoms with Crippen LogP contribution in [0.2, 0.25) is 0 Å². The molecule has 25 heavy (non-hydrogen) atoms. The van der Waals surface area contributed by atoms with Crippen molar-refractivity contribution in [2.45, 2.75) is 65.4 Å². The second-order valence-corrected chi connectivity index (χ2v) is 7.31. The molecule has 1 aliphatic heterocycles. The first-order valence-corrected chi connectivity index (χ1v) is 9.14. The predicted molar refractivity (Wildman–Crippen MR) is 98.4 cm³/mol. The van der Waals surface area contributed by atoms with E-state index in [1.54, 1.807) is 18.2 Å². The van der Waals surface area contributed by atoms with Gasteiger partial charge in [-0.15, -0.1) is 0 Å². The van der Waals surface area contributed by atoms with Crippen molar-refractivity contribution >= 4 is 17.6 Å². The fraction of sp³-hybridized carbons (Fsp3) is 0.600. The average Bonchev–Trinajstić information content (AvgIpc) is 2.55. The van der Waals surface area contributed by atoms with Crippen LogP contribution in [-0.2, 0) is 4.74 Å². The molecule has 1 atom stereocenters. The molecule has 0 spiro atoms. The van der Waals surface area contributed by atoms with Crippen molar-refractivity contribution in [2.24, 2.45) is 5.92 Å². The molecular weight excluding hydrogens is 318 g/mol. The zero-order valence-electron chi connectivity index (χ0n) is 15.7. The van der Waals surface area contributed by atoms with Gasteiger partial charge in [0.1, 0.15) is 11.4 Å². The maximum Gasteiger partial charge on any atom is 0.411 e. The summed E-state index contributed by atoms with van der Waals surface area (Å²) in [4.78, 5) is 24.3. The first kappa shape index (κ1) is 19.3. The Morgan fingerprint density at radius 3 is 2.80 bits per heavy atom. The summed E-state index contributed by atoms with van der Waals surface area (Å²) in [5.41, 5.74) is 0.555. The number of benzene rings is 1. The summed E-state index contributed by atoms with van der Waals surface area (Å²) in [6.07, 6.45) is 4.19. The molecule has 1 N–H and O–H groups in total. The molecule has 1 aliphatic rings. The molecule has 0 fully saturated rings. The molecule has 5 heteroatoms. The summed E-state index contributed by atoms with van der Waals surface area (Å²) < 4.78 is 11.1. The number of hydrogen-bond acceptors (Lipinski definition) is 4. The molecular formula is C20H29NO4. The highest BCUT2D eigenvalue weighted by Crippen LogP contribution is 2.34. The summed E-state index contributed by atoms with van der Waals surface area (Å²) in [5.74, 6) is 0.978. The standard InChI is InChI=1S/C20H29NO4/c1-5-7-8-14(6-2)13-24-19(23)21-15-9-10-18-16(11-15)17(22)12-20(3,4)25-18/h9-11,14H,5-8,12-13H2,1-4H3,(H,21,23). The van der Waals surface area contributed by atoms with Crippen LogP contribution >= 0.6 is 0 Å². The van der Waals surface area contributed by atoms with E-state index in [1.165, 1.54) is 0 Å². The SMILES string of the molecule is CCCCC(CC)COC(=O)Nc1ccc2c(c1)C(=O)CC(C)(C)O2. The zero-order valence-corrected chi connectivity index (χ0v) is 15.7. The summed E-state index contributed by atoms with van der Waals surface area (Å²) in [5, 5.41) is 2.70. The van der Waals surface area contributed by atoms with Crippen molar-refractivity contribution in [2.75, 3.05) is 11.9 Å². The fourth-order valence-corrected chi connectivity index (χ4v) is 2.98. The van der Waals surface area contributed by atoms with Crippen LogP contribution in [0.5, 0.6) is 5.75 Å². The molecule has 0 radical (unpaired) electrons. The van der Waals surface area contributed by atoms with Crippen molar-refractivity contribution in [1.82, 2.24) is 0 Å². The van der Waals surface area contributed by atoms with Crippen LogP contribution in [0.15, 0.2) is 18.2 Å². The highest BCUT2D eigenvalue weighted by molar-refractivity contribution is 6.01. The van der Waals surface area contributed by atoms with Crippen LogP contribution in [0.4, 0.5) is 10.5 Å². The van der Waals surface area contributed by atoms with Gasteiger partial charge in [0.2, 0.25) is 0 Å². The maximum atomic E-state index is 12.3.